The van der Waals surface area contributed by atoms with Crippen LogP contribution in [0, 0.1) is 12.8 Å². The number of aromatic nitrogens is 2. The van der Waals surface area contributed by atoms with Crippen LogP contribution in [0.15, 0.2) is 6.07 Å². The second-order valence-corrected chi connectivity index (χ2v) is 6.75. The van der Waals surface area contributed by atoms with Gasteiger partial charge in [0.2, 0.25) is 0 Å². The van der Waals surface area contributed by atoms with Crippen LogP contribution in [-0.2, 0) is 0 Å². The number of aryl methyl sites for hydroxylation is 1. The number of hydrogen-bond acceptors (Lipinski definition) is 3. The molecule has 1 aromatic heterocycles. The quantitative estimate of drug-likeness (QED) is 0.791. The van der Waals surface area contributed by atoms with E-state index in [2.05, 4.69) is 24.3 Å². The monoisotopic (exact) mass is 321 g/mol. The van der Waals surface area contributed by atoms with E-state index in [0.29, 0.717) is 11.7 Å². The summed E-state index contributed by atoms with van der Waals surface area (Å²) < 4.78 is 1.98. The molecule has 0 aliphatic heterocycles. The fourth-order valence-electron chi connectivity index (χ4n) is 3.64. The highest BCUT2D eigenvalue weighted by molar-refractivity contribution is 5.92. The van der Waals surface area contributed by atoms with Gasteiger partial charge in [-0.3, -0.25) is 9.48 Å². The van der Waals surface area contributed by atoms with E-state index in [1.165, 1.54) is 6.42 Å². The van der Waals surface area contributed by atoms with Gasteiger partial charge in [-0.2, -0.15) is 5.10 Å². The van der Waals surface area contributed by atoms with E-state index >= 15 is 0 Å². The Morgan fingerprint density at radius 2 is 2.04 bits per heavy atom. The van der Waals surface area contributed by atoms with Crippen LogP contribution in [0.1, 0.15) is 81.0 Å². The molecule has 5 nitrogen and oxygen atoms in total. The first-order chi connectivity index (χ1) is 11.1. The molecule has 1 aliphatic carbocycles. The standard InChI is InChI=1S/C18H31N3O2/c1-4-15(5-2)21-13(3)11-17(20-21)18(23)19-16-10-8-6-7-9-14(16)12-22/h11,14-16,22H,4-10,12H2,1-3H3,(H,19,23). The smallest absolute Gasteiger partial charge is 0.272 e. The fourth-order valence-corrected chi connectivity index (χ4v) is 3.64. The van der Waals surface area contributed by atoms with E-state index in [0.717, 1.165) is 44.2 Å². The lowest BCUT2D eigenvalue weighted by molar-refractivity contribution is 0.0893. The van der Waals surface area contributed by atoms with Crippen LogP contribution in [0.4, 0.5) is 0 Å². The van der Waals surface area contributed by atoms with Gasteiger partial charge in [0.05, 0.1) is 6.04 Å². The minimum absolute atomic E-state index is 0.0635. The third-order valence-electron chi connectivity index (χ3n) is 5.15. The molecular weight excluding hydrogens is 290 g/mol. The number of hydrogen-bond donors (Lipinski definition) is 2. The highest BCUT2D eigenvalue weighted by Crippen LogP contribution is 2.24. The van der Waals surface area contributed by atoms with E-state index in [4.69, 9.17) is 0 Å². The van der Waals surface area contributed by atoms with Crippen LogP contribution in [0.25, 0.3) is 0 Å². The molecule has 1 amide bonds. The zero-order chi connectivity index (χ0) is 16.8. The van der Waals surface area contributed by atoms with Crippen LogP contribution in [0.5, 0.6) is 0 Å². The Morgan fingerprint density at radius 1 is 1.35 bits per heavy atom. The molecule has 1 aliphatic rings. The number of carbonyl (C=O) groups excluding carboxylic acids is 1. The molecule has 2 unspecified atom stereocenters. The zero-order valence-electron chi connectivity index (χ0n) is 14.7. The molecule has 5 heteroatoms. The molecule has 1 aromatic rings. The van der Waals surface area contributed by atoms with Crippen molar-refractivity contribution in [2.24, 2.45) is 5.92 Å². The summed E-state index contributed by atoms with van der Waals surface area (Å²) in [6.45, 7) is 6.44. The SMILES string of the molecule is CCC(CC)n1nc(C(=O)NC2CCCCCC2CO)cc1C. The Labute approximate surface area is 139 Å². The number of aliphatic hydroxyl groups excluding tert-OH is 1. The van der Waals surface area contributed by atoms with E-state index in [1.807, 2.05) is 17.7 Å². The van der Waals surface area contributed by atoms with Crippen molar-refractivity contribution in [1.29, 1.82) is 0 Å². The maximum absolute atomic E-state index is 12.6. The molecule has 1 fully saturated rings. The second-order valence-electron chi connectivity index (χ2n) is 6.75. The van der Waals surface area contributed by atoms with Gasteiger partial charge in [-0.15, -0.1) is 0 Å². The summed E-state index contributed by atoms with van der Waals surface area (Å²) in [4.78, 5) is 12.6. The van der Waals surface area contributed by atoms with Crippen molar-refractivity contribution in [3.63, 3.8) is 0 Å². The van der Waals surface area contributed by atoms with Crippen molar-refractivity contribution in [3.05, 3.63) is 17.5 Å². The number of rotatable bonds is 6. The van der Waals surface area contributed by atoms with Crippen molar-refractivity contribution in [3.8, 4) is 0 Å². The second kappa shape index (κ2) is 8.48. The largest absolute Gasteiger partial charge is 0.396 e. The number of nitrogens with zero attached hydrogens (tertiary/aromatic N) is 2. The summed E-state index contributed by atoms with van der Waals surface area (Å²) in [5, 5.41) is 17.2. The lowest BCUT2D eigenvalue weighted by Crippen LogP contribution is -2.41. The summed E-state index contributed by atoms with van der Waals surface area (Å²) in [6.07, 6.45) is 7.39. The molecule has 2 atom stereocenters. The summed E-state index contributed by atoms with van der Waals surface area (Å²) in [5.41, 5.74) is 1.53. The predicted molar refractivity (Wildman–Crippen MR) is 91.5 cm³/mol. The average molecular weight is 321 g/mol. The lowest BCUT2D eigenvalue weighted by Gasteiger charge is -2.24. The maximum Gasteiger partial charge on any atom is 0.272 e. The van der Waals surface area contributed by atoms with E-state index in [1.54, 1.807) is 0 Å². The number of carbonyl (C=O) groups is 1. The molecule has 130 valence electrons. The Hall–Kier alpha value is -1.36. The van der Waals surface area contributed by atoms with E-state index in [-0.39, 0.29) is 24.5 Å². The van der Waals surface area contributed by atoms with Crippen LogP contribution >= 0.6 is 0 Å². The van der Waals surface area contributed by atoms with Gasteiger partial charge in [0, 0.05) is 24.3 Å². The third kappa shape index (κ3) is 4.34. The first kappa shape index (κ1) is 18.0. The fraction of sp³-hybridized carbons (Fsp3) is 0.778. The third-order valence-corrected chi connectivity index (χ3v) is 5.15. The van der Waals surface area contributed by atoms with Gasteiger partial charge in [-0.05, 0) is 38.7 Å². The van der Waals surface area contributed by atoms with Gasteiger partial charge in [0.1, 0.15) is 5.69 Å². The summed E-state index contributed by atoms with van der Waals surface area (Å²) in [5.74, 6) is 0.0619. The molecule has 2 rings (SSSR count). The van der Waals surface area contributed by atoms with Crippen LogP contribution in [-0.4, -0.2) is 33.4 Å². The van der Waals surface area contributed by atoms with Gasteiger partial charge in [0.15, 0.2) is 0 Å². The molecule has 2 N–H and O–H groups in total. The van der Waals surface area contributed by atoms with Crippen molar-refractivity contribution >= 4 is 5.91 Å². The molecule has 0 radical (unpaired) electrons. The number of amides is 1. The van der Waals surface area contributed by atoms with Crippen molar-refractivity contribution < 1.29 is 9.90 Å². The van der Waals surface area contributed by atoms with Crippen molar-refractivity contribution in [2.45, 2.75) is 77.8 Å². The number of nitrogens with one attached hydrogen (secondary N) is 1. The Balaban J connectivity index is 2.09. The number of aliphatic hydroxyl groups is 1. The first-order valence-electron chi connectivity index (χ1n) is 9.08. The normalized spacial score (nSPS) is 22.1. The van der Waals surface area contributed by atoms with Crippen molar-refractivity contribution in [1.82, 2.24) is 15.1 Å². The zero-order valence-corrected chi connectivity index (χ0v) is 14.7. The molecule has 0 saturated heterocycles. The molecule has 0 spiro atoms. The van der Waals surface area contributed by atoms with E-state index in [9.17, 15) is 9.90 Å². The Bertz CT molecular complexity index is 508. The van der Waals surface area contributed by atoms with Gasteiger partial charge in [-0.25, -0.2) is 0 Å². The summed E-state index contributed by atoms with van der Waals surface area (Å²) >= 11 is 0. The molecule has 0 bridgehead atoms. The van der Waals surface area contributed by atoms with Gasteiger partial charge < -0.3 is 10.4 Å². The molecule has 0 aromatic carbocycles. The van der Waals surface area contributed by atoms with Crippen molar-refractivity contribution in [2.75, 3.05) is 6.61 Å². The minimum atomic E-state index is -0.108. The van der Waals surface area contributed by atoms with Crippen LogP contribution in [0.3, 0.4) is 0 Å². The molecule has 1 saturated carbocycles. The maximum atomic E-state index is 12.6. The Kier molecular flexibility index (Phi) is 6.63. The summed E-state index contributed by atoms with van der Waals surface area (Å²) in [7, 11) is 0. The first-order valence-corrected chi connectivity index (χ1v) is 9.08. The highest BCUT2D eigenvalue weighted by Gasteiger charge is 2.26. The summed E-state index contributed by atoms with van der Waals surface area (Å²) in [6, 6.07) is 2.28. The molecular formula is C18H31N3O2. The molecule has 1 heterocycles. The molecule has 23 heavy (non-hydrogen) atoms. The highest BCUT2D eigenvalue weighted by atomic mass is 16.3. The topological polar surface area (TPSA) is 67.2 Å². The van der Waals surface area contributed by atoms with E-state index < -0.39 is 0 Å². The lowest BCUT2D eigenvalue weighted by atomic mass is 9.95. The van der Waals surface area contributed by atoms with Gasteiger partial charge in [-0.1, -0.05) is 33.1 Å². The van der Waals surface area contributed by atoms with Crippen LogP contribution < -0.4 is 5.32 Å². The Morgan fingerprint density at radius 3 is 2.70 bits per heavy atom. The minimum Gasteiger partial charge on any atom is -0.396 e. The van der Waals surface area contributed by atoms with Crippen LogP contribution in [0.2, 0.25) is 0 Å². The van der Waals surface area contributed by atoms with Gasteiger partial charge in [0.25, 0.3) is 5.91 Å². The average Bonchev–Trinajstić information content (AvgIpc) is 2.79. The predicted octanol–water partition coefficient (Wildman–Crippen LogP) is 3.22. The van der Waals surface area contributed by atoms with Gasteiger partial charge >= 0.3 is 0 Å².